The van der Waals surface area contributed by atoms with E-state index in [2.05, 4.69) is 0 Å². The highest BCUT2D eigenvalue weighted by atomic mass is 16.6. The minimum absolute atomic E-state index is 0.120. The maximum atomic E-state index is 9.35. The molecular weight excluding hydrogens is 236 g/mol. The Hall–Kier alpha value is -0.200. The summed E-state index contributed by atoms with van der Waals surface area (Å²) in [5, 5.41) is 9.35. The normalized spacial score (nSPS) is 24.3. The molecule has 1 aliphatic carbocycles. The molecule has 0 aliphatic heterocycles. The Balaban J connectivity index is 1.78. The summed E-state index contributed by atoms with van der Waals surface area (Å²) in [4.78, 5) is 0. The molecule has 0 spiro atoms. The van der Waals surface area contributed by atoms with E-state index in [0.29, 0.717) is 45.7 Å². The van der Waals surface area contributed by atoms with Gasteiger partial charge in [-0.05, 0) is 25.7 Å². The second kappa shape index (κ2) is 10.7. The summed E-state index contributed by atoms with van der Waals surface area (Å²) in [6, 6.07) is 0. The Morgan fingerprint density at radius 2 is 1.39 bits per heavy atom. The maximum absolute atomic E-state index is 9.35. The third-order valence-electron chi connectivity index (χ3n) is 3.03. The predicted octanol–water partition coefficient (Wildman–Crippen LogP) is 0.986. The molecule has 0 atom stereocenters. The van der Waals surface area contributed by atoms with E-state index in [1.54, 1.807) is 7.11 Å². The average Bonchev–Trinajstić information content (AvgIpc) is 2.39. The SMILES string of the molecule is COCCOCCOCCOC1CCC(O)CC1. The predicted molar refractivity (Wildman–Crippen MR) is 67.7 cm³/mol. The fourth-order valence-corrected chi connectivity index (χ4v) is 1.95. The zero-order valence-corrected chi connectivity index (χ0v) is 11.3. The van der Waals surface area contributed by atoms with Gasteiger partial charge in [0, 0.05) is 7.11 Å². The van der Waals surface area contributed by atoms with Crippen molar-refractivity contribution in [2.45, 2.75) is 37.9 Å². The van der Waals surface area contributed by atoms with Crippen LogP contribution < -0.4 is 0 Å². The molecule has 5 heteroatoms. The Kier molecular flexibility index (Phi) is 9.42. The van der Waals surface area contributed by atoms with Gasteiger partial charge < -0.3 is 24.1 Å². The molecule has 0 saturated heterocycles. The molecule has 108 valence electrons. The monoisotopic (exact) mass is 262 g/mol. The number of hydrogen-bond donors (Lipinski definition) is 1. The Bertz CT molecular complexity index is 180. The van der Waals surface area contributed by atoms with Crippen LogP contribution in [0.5, 0.6) is 0 Å². The van der Waals surface area contributed by atoms with Crippen molar-refractivity contribution >= 4 is 0 Å². The summed E-state index contributed by atoms with van der Waals surface area (Å²) >= 11 is 0. The molecule has 0 aromatic carbocycles. The minimum atomic E-state index is -0.120. The van der Waals surface area contributed by atoms with E-state index in [4.69, 9.17) is 18.9 Å². The zero-order valence-electron chi connectivity index (χ0n) is 11.3. The highest BCUT2D eigenvalue weighted by Gasteiger charge is 2.19. The summed E-state index contributed by atoms with van der Waals surface area (Å²) in [5.41, 5.74) is 0. The number of methoxy groups -OCH3 is 1. The van der Waals surface area contributed by atoms with Crippen LogP contribution in [0.1, 0.15) is 25.7 Å². The van der Waals surface area contributed by atoms with Crippen LogP contribution in [0.3, 0.4) is 0 Å². The van der Waals surface area contributed by atoms with Crippen molar-refractivity contribution in [3.8, 4) is 0 Å². The largest absolute Gasteiger partial charge is 0.393 e. The molecule has 0 aromatic rings. The third kappa shape index (κ3) is 8.00. The van der Waals surface area contributed by atoms with Crippen LogP contribution in [-0.2, 0) is 18.9 Å². The number of ether oxygens (including phenoxy) is 4. The van der Waals surface area contributed by atoms with Crippen molar-refractivity contribution in [3.63, 3.8) is 0 Å². The number of hydrogen-bond acceptors (Lipinski definition) is 5. The fourth-order valence-electron chi connectivity index (χ4n) is 1.95. The summed E-state index contributed by atoms with van der Waals surface area (Å²) in [5.74, 6) is 0. The van der Waals surface area contributed by atoms with Gasteiger partial charge in [-0.25, -0.2) is 0 Å². The van der Waals surface area contributed by atoms with E-state index in [1.807, 2.05) is 0 Å². The van der Waals surface area contributed by atoms with Crippen molar-refractivity contribution < 1.29 is 24.1 Å². The second-order valence-corrected chi connectivity index (χ2v) is 4.52. The van der Waals surface area contributed by atoms with Crippen LogP contribution in [0.25, 0.3) is 0 Å². The maximum Gasteiger partial charge on any atom is 0.0704 e. The van der Waals surface area contributed by atoms with Gasteiger partial charge in [-0.15, -0.1) is 0 Å². The molecule has 1 fully saturated rings. The number of aliphatic hydroxyl groups excluding tert-OH is 1. The number of rotatable bonds is 10. The summed E-state index contributed by atoms with van der Waals surface area (Å²) < 4.78 is 21.2. The van der Waals surface area contributed by atoms with E-state index in [0.717, 1.165) is 25.7 Å². The molecule has 5 nitrogen and oxygen atoms in total. The lowest BCUT2D eigenvalue weighted by Gasteiger charge is -2.25. The quantitative estimate of drug-likeness (QED) is 0.595. The first kappa shape index (κ1) is 15.9. The first-order chi connectivity index (χ1) is 8.83. The van der Waals surface area contributed by atoms with Crippen LogP contribution in [0, 0.1) is 0 Å². The Morgan fingerprint density at radius 3 is 2.00 bits per heavy atom. The van der Waals surface area contributed by atoms with E-state index < -0.39 is 0 Å². The lowest BCUT2D eigenvalue weighted by molar-refractivity contribution is -0.0375. The first-order valence-electron chi connectivity index (χ1n) is 6.77. The third-order valence-corrected chi connectivity index (χ3v) is 3.03. The van der Waals surface area contributed by atoms with Crippen molar-refractivity contribution in [1.29, 1.82) is 0 Å². The summed E-state index contributed by atoms with van der Waals surface area (Å²) in [7, 11) is 1.65. The van der Waals surface area contributed by atoms with Gasteiger partial charge in [0.2, 0.25) is 0 Å². The van der Waals surface area contributed by atoms with Gasteiger partial charge in [0.1, 0.15) is 0 Å². The van der Waals surface area contributed by atoms with Gasteiger partial charge in [-0.2, -0.15) is 0 Å². The van der Waals surface area contributed by atoms with Crippen LogP contribution in [0.15, 0.2) is 0 Å². The van der Waals surface area contributed by atoms with Crippen LogP contribution >= 0.6 is 0 Å². The number of aliphatic hydroxyl groups is 1. The second-order valence-electron chi connectivity index (χ2n) is 4.52. The van der Waals surface area contributed by atoms with Crippen LogP contribution in [0.2, 0.25) is 0 Å². The fraction of sp³-hybridized carbons (Fsp3) is 1.00. The molecule has 1 rings (SSSR count). The van der Waals surface area contributed by atoms with E-state index in [-0.39, 0.29) is 6.10 Å². The van der Waals surface area contributed by atoms with E-state index >= 15 is 0 Å². The molecule has 1 N–H and O–H groups in total. The molecule has 1 aliphatic rings. The van der Waals surface area contributed by atoms with Crippen molar-refractivity contribution in [1.82, 2.24) is 0 Å². The molecular formula is C13H26O5. The van der Waals surface area contributed by atoms with Gasteiger partial charge in [0.25, 0.3) is 0 Å². The van der Waals surface area contributed by atoms with Crippen molar-refractivity contribution in [3.05, 3.63) is 0 Å². The molecule has 0 unspecified atom stereocenters. The minimum Gasteiger partial charge on any atom is -0.393 e. The van der Waals surface area contributed by atoms with Gasteiger partial charge >= 0.3 is 0 Å². The van der Waals surface area contributed by atoms with E-state index in [1.165, 1.54) is 0 Å². The molecule has 0 aromatic heterocycles. The molecule has 0 bridgehead atoms. The van der Waals surface area contributed by atoms with E-state index in [9.17, 15) is 5.11 Å². The van der Waals surface area contributed by atoms with Crippen molar-refractivity contribution in [2.24, 2.45) is 0 Å². The summed E-state index contributed by atoms with van der Waals surface area (Å²) in [6.07, 6.45) is 3.82. The summed E-state index contributed by atoms with van der Waals surface area (Å²) in [6.45, 7) is 3.65. The van der Waals surface area contributed by atoms with Gasteiger partial charge in [-0.1, -0.05) is 0 Å². The van der Waals surface area contributed by atoms with Gasteiger partial charge in [-0.3, -0.25) is 0 Å². The highest BCUT2D eigenvalue weighted by Crippen LogP contribution is 2.20. The standard InChI is InChI=1S/C13H26O5/c1-15-6-7-16-8-9-17-10-11-18-13-4-2-12(14)3-5-13/h12-14H,2-11H2,1H3. The van der Waals surface area contributed by atoms with Gasteiger partial charge in [0.05, 0.1) is 51.8 Å². The molecule has 0 radical (unpaired) electrons. The molecule has 0 amide bonds. The smallest absolute Gasteiger partial charge is 0.0704 e. The highest BCUT2D eigenvalue weighted by molar-refractivity contribution is 4.71. The molecule has 0 heterocycles. The lowest BCUT2D eigenvalue weighted by Crippen LogP contribution is -2.25. The Labute approximate surface area is 109 Å². The van der Waals surface area contributed by atoms with Crippen molar-refractivity contribution in [2.75, 3.05) is 46.8 Å². The first-order valence-corrected chi connectivity index (χ1v) is 6.77. The average molecular weight is 262 g/mol. The topological polar surface area (TPSA) is 57.2 Å². The lowest BCUT2D eigenvalue weighted by atomic mass is 9.95. The van der Waals surface area contributed by atoms with Gasteiger partial charge in [0.15, 0.2) is 0 Å². The van der Waals surface area contributed by atoms with Crippen LogP contribution in [0.4, 0.5) is 0 Å². The zero-order chi connectivity index (χ0) is 13.1. The molecule has 18 heavy (non-hydrogen) atoms. The molecule has 1 saturated carbocycles. The van der Waals surface area contributed by atoms with Crippen LogP contribution in [-0.4, -0.2) is 64.1 Å². The Morgan fingerprint density at radius 1 is 0.833 bits per heavy atom.